The minimum atomic E-state index is -0.0822. The second-order valence-corrected chi connectivity index (χ2v) is 9.75. The second kappa shape index (κ2) is 7.29. The summed E-state index contributed by atoms with van der Waals surface area (Å²) in [5, 5.41) is 23.7. The Morgan fingerprint density at radius 3 is 2.64 bits per heavy atom. The van der Waals surface area contributed by atoms with Crippen LogP contribution < -0.4 is 10.6 Å². The van der Waals surface area contributed by atoms with Crippen molar-refractivity contribution in [2.24, 2.45) is 18.7 Å². The lowest BCUT2D eigenvalue weighted by Gasteiger charge is -2.39. The van der Waals surface area contributed by atoms with E-state index in [0.29, 0.717) is 55.2 Å². The molecule has 6 rings (SSSR count). The number of benzene rings is 1. The Balaban J connectivity index is 1.41. The molecule has 0 amide bonds. The summed E-state index contributed by atoms with van der Waals surface area (Å²) in [4.78, 5) is 11.4. The van der Waals surface area contributed by atoms with E-state index in [4.69, 9.17) is 28.9 Å². The Bertz CT molecular complexity index is 1450. The maximum Gasteiger partial charge on any atom is 0.228 e. The molecule has 0 unspecified atom stereocenters. The molecular formula is C22H21Cl2N9. The molecule has 1 aliphatic heterocycles. The van der Waals surface area contributed by atoms with Crippen molar-refractivity contribution in [3.63, 3.8) is 0 Å². The van der Waals surface area contributed by atoms with Crippen LogP contribution >= 0.6 is 23.2 Å². The summed E-state index contributed by atoms with van der Waals surface area (Å²) in [6, 6.07) is 5.88. The lowest BCUT2D eigenvalue weighted by Crippen LogP contribution is -2.52. The third-order valence-electron chi connectivity index (χ3n) is 7.01. The number of nitrogens with two attached hydrogens (primary N) is 1. The van der Waals surface area contributed by atoms with Gasteiger partial charge in [-0.1, -0.05) is 23.2 Å². The zero-order valence-corrected chi connectivity index (χ0v) is 19.5. The number of aryl methyl sites for hydroxylation is 1. The van der Waals surface area contributed by atoms with E-state index in [2.05, 4.69) is 36.2 Å². The molecule has 168 valence electrons. The molecule has 2 fully saturated rings. The van der Waals surface area contributed by atoms with Crippen LogP contribution in [0.2, 0.25) is 10.2 Å². The van der Waals surface area contributed by atoms with E-state index in [-0.39, 0.29) is 11.2 Å². The highest BCUT2D eigenvalue weighted by molar-refractivity contribution is 6.43. The minimum Gasteiger partial charge on any atom is -0.341 e. The Morgan fingerprint density at radius 1 is 1.18 bits per heavy atom. The molecule has 4 aromatic rings. The molecule has 1 saturated carbocycles. The van der Waals surface area contributed by atoms with Gasteiger partial charge in [0.05, 0.1) is 27.0 Å². The van der Waals surface area contributed by atoms with Gasteiger partial charge in [0.15, 0.2) is 11.3 Å². The van der Waals surface area contributed by atoms with Crippen LogP contribution in [0.5, 0.6) is 0 Å². The van der Waals surface area contributed by atoms with Gasteiger partial charge in [-0.05, 0) is 43.7 Å². The predicted octanol–water partition coefficient (Wildman–Crippen LogP) is 3.79. The molecule has 2 aliphatic rings. The number of aromatic amines is 1. The lowest BCUT2D eigenvalue weighted by atomic mass is 9.84. The predicted molar refractivity (Wildman–Crippen MR) is 127 cm³/mol. The van der Waals surface area contributed by atoms with Crippen LogP contribution in [0.1, 0.15) is 31.4 Å². The minimum absolute atomic E-state index is 0.0822. The molecule has 3 N–H and O–H groups in total. The monoisotopic (exact) mass is 481 g/mol. The van der Waals surface area contributed by atoms with Crippen LogP contribution in [0.25, 0.3) is 33.2 Å². The molecule has 0 atom stereocenters. The number of nitrogens with zero attached hydrogens (tertiary/aromatic N) is 7. The third kappa shape index (κ3) is 3.16. The largest absolute Gasteiger partial charge is 0.341 e. The highest BCUT2D eigenvalue weighted by Crippen LogP contribution is 2.44. The molecule has 1 aliphatic carbocycles. The van der Waals surface area contributed by atoms with Crippen molar-refractivity contribution >= 4 is 51.1 Å². The van der Waals surface area contributed by atoms with E-state index < -0.39 is 0 Å². The van der Waals surface area contributed by atoms with Gasteiger partial charge in [-0.15, -0.1) is 0 Å². The summed E-state index contributed by atoms with van der Waals surface area (Å²) < 4.78 is 1.57. The van der Waals surface area contributed by atoms with Crippen LogP contribution in [0, 0.1) is 17.2 Å². The van der Waals surface area contributed by atoms with E-state index in [1.54, 1.807) is 11.7 Å². The first-order valence-electron chi connectivity index (χ1n) is 10.9. The zero-order valence-electron chi connectivity index (χ0n) is 17.9. The second-order valence-electron chi connectivity index (χ2n) is 9.01. The van der Waals surface area contributed by atoms with E-state index in [1.807, 2.05) is 12.1 Å². The number of hydrogen-bond acceptors (Lipinski definition) is 7. The van der Waals surface area contributed by atoms with Gasteiger partial charge in [0.2, 0.25) is 5.95 Å². The first-order valence-corrected chi connectivity index (χ1v) is 11.7. The molecule has 4 heterocycles. The molecule has 11 heteroatoms. The molecule has 33 heavy (non-hydrogen) atoms. The van der Waals surface area contributed by atoms with Crippen LogP contribution in [-0.4, -0.2) is 48.6 Å². The summed E-state index contributed by atoms with van der Waals surface area (Å²) in [6.07, 6.45) is 4.25. The smallest absolute Gasteiger partial charge is 0.228 e. The maximum absolute atomic E-state index is 9.91. The SMILES string of the molecule is Cn1nc2ccc(-c3[nH]nc4nc(N5CCC(N)(C6CC6)CC5)nc(C#N)c34)c(Cl)c2c1Cl. The van der Waals surface area contributed by atoms with E-state index in [0.717, 1.165) is 25.9 Å². The van der Waals surface area contributed by atoms with E-state index in [1.165, 1.54) is 12.8 Å². The van der Waals surface area contributed by atoms with Crippen molar-refractivity contribution in [2.45, 2.75) is 31.2 Å². The number of nitriles is 1. The quantitative estimate of drug-likeness (QED) is 0.455. The number of hydrogen-bond donors (Lipinski definition) is 2. The number of aromatic nitrogens is 6. The Labute approximate surface area is 199 Å². The van der Waals surface area contributed by atoms with Gasteiger partial charge in [0, 0.05) is 31.2 Å². The topological polar surface area (TPSA) is 125 Å². The third-order valence-corrected chi connectivity index (χ3v) is 7.84. The van der Waals surface area contributed by atoms with Crippen molar-refractivity contribution in [3.05, 3.63) is 28.0 Å². The van der Waals surface area contributed by atoms with Gasteiger partial charge >= 0.3 is 0 Å². The lowest BCUT2D eigenvalue weighted by molar-refractivity contribution is 0.292. The normalized spacial score (nSPS) is 18.2. The Morgan fingerprint density at radius 2 is 1.94 bits per heavy atom. The molecular weight excluding hydrogens is 461 g/mol. The number of fused-ring (bicyclic) bond motifs is 2. The summed E-state index contributed by atoms with van der Waals surface area (Å²) in [6.45, 7) is 1.53. The first-order chi connectivity index (χ1) is 15.9. The summed E-state index contributed by atoms with van der Waals surface area (Å²) in [5.41, 5.74) is 9.13. The zero-order chi connectivity index (χ0) is 22.9. The van der Waals surface area contributed by atoms with Crippen LogP contribution in [0.15, 0.2) is 12.1 Å². The average Bonchev–Trinajstić information content (AvgIpc) is 3.53. The molecule has 3 aromatic heterocycles. The summed E-state index contributed by atoms with van der Waals surface area (Å²) in [7, 11) is 1.76. The number of H-pyrrole nitrogens is 1. The number of anilines is 1. The number of halogens is 2. The molecule has 1 saturated heterocycles. The molecule has 1 aromatic carbocycles. The fourth-order valence-corrected chi connectivity index (χ4v) is 5.55. The van der Waals surface area contributed by atoms with Crippen LogP contribution in [-0.2, 0) is 7.05 Å². The van der Waals surface area contributed by atoms with Crippen molar-refractivity contribution in [3.8, 4) is 17.3 Å². The van der Waals surface area contributed by atoms with Gasteiger partial charge < -0.3 is 10.6 Å². The van der Waals surface area contributed by atoms with E-state index in [9.17, 15) is 5.26 Å². The molecule has 0 spiro atoms. The van der Waals surface area contributed by atoms with Crippen molar-refractivity contribution in [1.82, 2.24) is 29.9 Å². The van der Waals surface area contributed by atoms with Crippen molar-refractivity contribution in [2.75, 3.05) is 18.0 Å². The highest BCUT2D eigenvalue weighted by Gasteiger charge is 2.44. The molecule has 9 nitrogen and oxygen atoms in total. The average molecular weight is 482 g/mol. The standard InChI is InChI=1S/C22H21Cl2N9/c1-32-19(24)15-13(31-32)5-4-12(17(15)23)18-16-14(10-25)27-21(28-20(16)30-29-18)33-8-6-22(26,7-9-33)11-2-3-11/h4-5,11H,2-3,6-9,26H2,1H3,(H,27,28,29,30). The van der Waals surface area contributed by atoms with Gasteiger partial charge in [0.25, 0.3) is 0 Å². The van der Waals surface area contributed by atoms with E-state index >= 15 is 0 Å². The van der Waals surface area contributed by atoms with Crippen LogP contribution in [0.3, 0.4) is 0 Å². The van der Waals surface area contributed by atoms with Crippen LogP contribution in [0.4, 0.5) is 5.95 Å². The summed E-state index contributed by atoms with van der Waals surface area (Å²) >= 11 is 13.1. The molecule has 0 bridgehead atoms. The number of rotatable bonds is 3. The van der Waals surface area contributed by atoms with Crippen molar-refractivity contribution < 1.29 is 0 Å². The van der Waals surface area contributed by atoms with Gasteiger partial charge in [-0.25, -0.2) is 4.98 Å². The van der Waals surface area contributed by atoms with Crippen molar-refractivity contribution in [1.29, 1.82) is 5.26 Å². The first kappa shape index (κ1) is 20.7. The fourth-order valence-electron chi connectivity index (χ4n) is 4.93. The Hall–Kier alpha value is -2.93. The summed E-state index contributed by atoms with van der Waals surface area (Å²) in [5.74, 6) is 1.15. The number of nitrogens with one attached hydrogen (secondary N) is 1. The van der Waals surface area contributed by atoms with Gasteiger partial charge in [-0.2, -0.15) is 20.4 Å². The Kier molecular flexibility index (Phi) is 4.56. The highest BCUT2D eigenvalue weighted by atomic mass is 35.5. The number of piperidine rings is 1. The maximum atomic E-state index is 9.91. The fraction of sp³-hybridized carbons (Fsp3) is 0.409. The van der Waals surface area contributed by atoms with Gasteiger partial charge in [-0.3, -0.25) is 9.78 Å². The molecule has 0 radical (unpaired) electrons. The van der Waals surface area contributed by atoms with Gasteiger partial charge in [0.1, 0.15) is 11.2 Å².